The molecule has 1 N–H and O–H groups in total. The highest BCUT2D eigenvalue weighted by Gasteiger charge is 2.36. The summed E-state index contributed by atoms with van der Waals surface area (Å²) in [6.45, 7) is 0.00507. The molecule has 3 aromatic carbocycles. The number of nitrogens with one attached hydrogen (secondary N) is 1. The van der Waals surface area contributed by atoms with Crippen molar-refractivity contribution in [2.45, 2.75) is 6.61 Å². The van der Waals surface area contributed by atoms with E-state index in [1.807, 2.05) is 30.3 Å². The van der Waals surface area contributed by atoms with Gasteiger partial charge in [0.2, 0.25) is 5.91 Å². The zero-order valence-corrected chi connectivity index (χ0v) is 23.6. The van der Waals surface area contributed by atoms with Crippen molar-refractivity contribution in [3.05, 3.63) is 90.8 Å². The molecular formula is C26H20BrIN2O5S. The third kappa shape index (κ3) is 6.48. The molecule has 4 rings (SSSR count). The van der Waals surface area contributed by atoms with Crippen LogP contribution in [0.1, 0.15) is 11.1 Å². The van der Waals surface area contributed by atoms with Gasteiger partial charge in [-0.2, -0.15) is 0 Å². The van der Waals surface area contributed by atoms with Crippen LogP contribution in [0.2, 0.25) is 0 Å². The van der Waals surface area contributed by atoms with Crippen LogP contribution in [0.3, 0.4) is 0 Å². The van der Waals surface area contributed by atoms with E-state index in [2.05, 4.69) is 43.8 Å². The summed E-state index contributed by atoms with van der Waals surface area (Å²) in [5.41, 5.74) is 2.25. The number of rotatable bonds is 8. The highest BCUT2D eigenvalue weighted by atomic mass is 127. The molecular weight excluding hydrogens is 659 g/mol. The molecule has 1 saturated heterocycles. The third-order valence-corrected chi connectivity index (χ3v) is 7.43. The molecule has 0 unspecified atom stereocenters. The van der Waals surface area contributed by atoms with E-state index in [4.69, 9.17) is 9.47 Å². The normalized spacial score (nSPS) is 14.3. The Morgan fingerprint density at radius 3 is 2.56 bits per heavy atom. The van der Waals surface area contributed by atoms with Crippen LogP contribution in [0.25, 0.3) is 6.08 Å². The monoisotopic (exact) mass is 678 g/mol. The average Bonchev–Trinajstić information content (AvgIpc) is 3.12. The van der Waals surface area contributed by atoms with Crippen LogP contribution < -0.4 is 14.8 Å². The summed E-state index contributed by atoms with van der Waals surface area (Å²) < 4.78 is 13.2. The molecule has 1 aliphatic heterocycles. The van der Waals surface area contributed by atoms with Crippen molar-refractivity contribution in [3.63, 3.8) is 0 Å². The smallest absolute Gasteiger partial charge is 0.294 e. The second-order valence-electron chi connectivity index (χ2n) is 7.62. The second-order valence-corrected chi connectivity index (χ2v) is 10.7. The topological polar surface area (TPSA) is 84.9 Å². The molecule has 0 bridgehead atoms. The molecule has 0 aromatic heterocycles. The van der Waals surface area contributed by atoms with Gasteiger partial charge in [-0.15, -0.1) is 0 Å². The quantitative estimate of drug-likeness (QED) is 0.222. The van der Waals surface area contributed by atoms with E-state index in [0.717, 1.165) is 25.8 Å². The van der Waals surface area contributed by atoms with Gasteiger partial charge >= 0.3 is 0 Å². The number of methoxy groups -OCH3 is 1. The van der Waals surface area contributed by atoms with Crippen LogP contribution in [0, 0.1) is 3.57 Å². The summed E-state index contributed by atoms with van der Waals surface area (Å²) >= 11 is 6.39. The first kappa shape index (κ1) is 26.2. The van der Waals surface area contributed by atoms with E-state index in [1.165, 1.54) is 7.11 Å². The van der Waals surface area contributed by atoms with Gasteiger partial charge in [0.15, 0.2) is 11.5 Å². The van der Waals surface area contributed by atoms with Crippen LogP contribution in [0.5, 0.6) is 11.5 Å². The largest absolute Gasteiger partial charge is 0.493 e. The lowest BCUT2D eigenvalue weighted by molar-refractivity contribution is -0.127. The molecule has 0 saturated carbocycles. The lowest BCUT2D eigenvalue weighted by Crippen LogP contribution is -2.36. The summed E-state index contributed by atoms with van der Waals surface area (Å²) in [4.78, 5) is 38.9. The fourth-order valence-corrected chi connectivity index (χ4v) is 4.90. The number of nitrogens with zero attached hydrogens (tertiary/aromatic N) is 1. The van der Waals surface area contributed by atoms with Gasteiger partial charge in [0, 0.05) is 8.04 Å². The van der Waals surface area contributed by atoms with E-state index in [0.29, 0.717) is 33.8 Å². The van der Waals surface area contributed by atoms with Gasteiger partial charge in [-0.1, -0.05) is 30.3 Å². The number of thioether (sulfide) groups is 1. The molecule has 3 aromatic rings. The van der Waals surface area contributed by atoms with Gasteiger partial charge in [-0.3, -0.25) is 19.3 Å². The van der Waals surface area contributed by atoms with E-state index in [-0.39, 0.29) is 11.4 Å². The molecule has 0 atom stereocenters. The van der Waals surface area contributed by atoms with Crippen molar-refractivity contribution in [2.24, 2.45) is 0 Å². The Morgan fingerprint density at radius 2 is 1.83 bits per heavy atom. The summed E-state index contributed by atoms with van der Waals surface area (Å²) in [6, 6.07) is 20.4. The molecule has 36 heavy (non-hydrogen) atoms. The maximum Gasteiger partial charge on any atom is 0.294 e. The van der Waals surface area contributed by atoms with Crippen molar-refractivity contribution in [1.82, 2.24) is 4.90 Å². The second kappa shape index (κ2) is 11.9. The fraction of sp³-hybridized carbons (Fsp3) is 0.115. The van der Waals surface area contributed by atoms with Gasteiger partial charge in [0.25, 0.3) is 11.1 Å². The highest BCUT2D eigenvalue weighted by molar-refractivity contribution is 14.1. The third-order valence-electron chi connectivity index (χ3n) is 5.12. The minimum atomic E-state index is -0.523. The lowest BCUT2D eigenvalue weighted by Gasteiger charge is -2.13. The fourth-order valence-electron chi connectivity index (χ4n) is 3.32. The number of carbonyl (C=O) groups is 3. The number of hydrogen-bond acceptors (Lipinski definition) is 6. The first-order chi connectivity index (χ1) is 17.3. The minimum Gasteiger partial charge on any atom is -0.493 e. The number of halogens is 2. The van der Waals surface area contributed by atoms with Gasteiger partial charge in [-0.25, -0.2) is 0 Å². The molecule has 0 spiro atoms. The number of imide groups is 1. The lowest BCUT2D eigenvalue weighted by atomic mass is 10.1. The van der Waals surface area contributed by atoms with Crippen LogP contribution in [-0.4, -0.2) is 35.6 Å². The predicted octanol–water partition coefficient (Wildman–Crippen LogP) is 6.32. The van der Waals surface area contributed by atoms with Crippen LogP contribution >= 0.6 is 50.3 Å². The Labute approximate surface area is 234 Å². The van der Waals surface area contributed by atoms with Gasteiger partial charge in [0.05, 0.1) is 17.7 Å². The Hall–Kier alpha value is -2.83. The predicted molar refractivity (Wildman–Crippen MR) is 152 cm³/mol. The molecule has 0 radical (unpaired) electrons. The summed E-state index contributed by atoms with van der Waals surface area (Å²) in [5.74, 6) is 0.0679. The van der Waals surface area contributed by atoms with Crippen LogP contribution in [0.4, 0.5) is 10.5 Å². The number of ether oxygens (including phenoxy) is 2. The maximum atomic E-state index is 12.9. The molecule has 1 heterocycles. The van der Waals surface area contributed by atoms with E-state index >= 15 is 0 Å². The minimum absolute atomic E-state index is 0.225. The number of hydrogen-bond donors (Lipinski definition) is 1. The van der Waals surface area contributed by atoms with E-state index < -0.39 is 17.1 Å². The number of benzene rings is 3. The number of para-hydroxylation sites is 1. The van der Waals surface area contributed by atoms with Crippen LogP contribution in [-0.2, 0) is 16.2 Å². The first-order valence-corrected chi connectivity index (χ1v) is 13.4. The number of carbonyl (C=O) groups excluding carboxylic acids is 3. The Kier molecular flexibility index (Phi) is 8.70. The number of anilines is 1. The SMILES string of the molecule is COc1cc(/C=C2\SC(=O)N(CC(=O)Nc3ccccc3Br)C2=O)ccc1OCc1ccc(I)cc1. The maximum absolute atomic E-state index is 12.9. The highest BCUT2D eigenvalue weighted by Crippen LogP contribution is 2.35. The summed E-state index contributed by atoms with van der Waals surface area (Å²) in [6.07, 6.45) is 1.60. The molecule has 7 nitrogen and oxygen atoms in total. The standard InChI is InChI=1S/C26H20BrIN2O5S/c1-34-22-12-17(8-11-21(22)35-15-16-6-9-18(28)10-7-16)13-23-25(32)30(26(33)36-23)14-24(31)29-20-5-3-2-4-19(20)27/h2-13H,14-15H2,1H3,(H,29,31)/b23-13-. The summed E-state index contributed by atoms with van der Waals surface area (Å²) in [7, 11) is 1.54. The molecule has 1 fully saturated rings. The Morgan fingerprint density at radius 1 is 1.08 bits per heavy atom. The molecule has 184 valence electrons. The molecule has 0 aliphatic carbocycles. The van der Waals surface area contributed by atoms with E-state index in [9.17, 15) is 14.4 Å². The van der Waals surface area contributed by atoms with Crippen LogP contribution in [0.15, 0.2) is 76.1 Å². The van der Waals surface area contributed by atoms with Crippen molar-refractivity contribution in [1.29, 1.82) is 0 Å². The zero-order chi connectivity index (χ0) is 25.7. The average molecular weight is 679 g/mol. The Bertz CT molecular complexity index is 1350. The Balaban J connectivity index is 1.43. The van der Waals surface area contributed by atoms with Gasteiger partial charge in [0.1, 0.15) is 13.2 Å². The molecule has 3 amide bonds. The molecule has 1 aliphatic rings. The van der Waals surface area contributed by atoms with E-state index in [1.54, 1.807) is 42.5 Å². The van der Waals surface area contributed by atoms with Crippen molar-refractivity contribution < 1.29 is 23.9 Å². The zero-order valence-electron chi connectivity index (χ0n) is 19.0. The van der Waals surface area contributed by atoms with Crippen molar-refractivity contribution in [3.8, 4) is 11.5 Å². The van der Waals surface area contributed by atoms with Crippen molar-refractivity contribution >= 4 is 79.1 Å². The first-order valence-electron chi connectivity index (χ1n) is 10.7. The number of amides is 3. The van der Waals surface area contributed by atoms with Gasteiger partial charge in [-0.05, 0) is 104 Å². The molecule has 10 heteroatoms. The van der Waals surface area contributed by atoms with Gasteiger partial charge < -0.3 is 14.8 Å². The van der Waals surface area contributed by atoms with Crippen molar-refractivity contribution in [2.75, 3.05) is 19.0 Å². The summed E-state index contributed by atoms with van der Waals surface area (Å²) in [5, 5.41) is 2.20.